The van der Waals surface area contributed by atoms with Gasteiger partial charge >= 0.3 is 0 Å². The van der Waals surface area contributed by atoms with Crippen molar-refractivity contribution in [1.82, 2.24) is 10.1 Å². The van der Waals surface area contributed by atoms with Gasteiger partial charge in [0, 0.05) is 38.3 Å². The second-order valence-electron chi connectivity index (χ2n) is 6.88. The normalized spacial score (nSPS) is 24.0. The number of likely N-dealkylation sites (tertiary alicyclic amines) is 1. The molecule has 0 bridgehead atoms. The third-order valence-corrected chi connectivity index (χ3v) is 5.01. The lowest BCUT2D eigenvalue weighted by molar-refractivity contribution is 0.0139. The molecule has 0 aromatic carbocycles. The highest BCUT2D eigenvalue weighted by atomic mass is 16.5. The Balaban J connectivity index is 1.54. The summed E-state index contributed by atoms with van der Waals surface area (Å²) >= 11 is 0. The number of carbonyl (C=O) groups excluding carboxylic acids is 1. The van der Waals surface area contributed by atoms with E-state index in [4.69, 9.17) is 9.26 Å². The Morgan fingerprint density at radius 1 is 1.27 bits per heavy atom. The largest absolute Gasteiger partial charge is 0.381 e. The molecule has 2 aliphatic rings. The number of carbonyl (C=O) groups is 1. The van der Waals surface area contributed by atoms with Crippen molar-refractivity contribution in [1.29, 1.82) is 0 Å². The molecule has 2 fully saturated rings. The van der Waals surface area contributed by atoms with Crippen molar-refractivity contribution >= 4 is 5.91 Å². The Bertz CT molecular complexity index is 498. The van der Waals surface area contributed by atoms with E-state index in [1.807, 2.05) is 18.7 Å². The van der Waals surface area contributed by atoms with Gasteiger partial charge in [-0.1, -0.05) is 19.0 Å². The highest BCUT2D eigenvalue weighted by Gasteiger charge is 2.31. The maximum absolute atomic E-state index is 12.5. The summed E-state index contributed by atoms with van der Waals surface area (Å²) in [4.78, 5) is 14.4. The van der Waals surface area contributed by atoms with E-state index in [1.54, 1.807) is 6.07 Å². The molecule has 0 N–H and O–H groups in total. The van der Waals surface area contributed by atoms with Crippen molar-refractivity contribution in [2.75, 3.05) is 26.3 Å². The SMILES string of the molecule is CC(C)c1cc(C(=O)N2CCC([C@@H]3CCCOC3)CC2)no1. The van der Waals surface area contributed by atoms with Gasteiger partial charge in [0.15, 0.2) is 5.69 Å². The molecule has 22 heavy (non-hydrogen) atoms. The van der Waals surface area contributed by atoms with E-state index in [0.717, 1.165) is 44.9 Å². The quantitative estimate of drug-likeness (QED) is 0.861. The lowest BCUT2D eigenvalue weighted by atomic mass is 9.81. The highest BCUT2D eigenvalue weighted by molar-refractivity contribution is 5.92. The Morgan fingerprint density at radius 3 is 2.64 bits per heavy atom. The standard InChI is InChI=1S/C17H26N2O3/c1-12(2)16-10-15(18-22-16)17(20)19-7-5-13(6-8-19)14-4-3-9-21-11-14/h10,12-14H,3-9,11H2,1-2H3/t14-/m1/s1. The molecular formula is C17H26N2O3. The van der Waals surface area contributed by atoms with E-state index in [9.17, 15) is 4.79 Å². The summed E-state index contributed by atoms with van der Waals surface area (Å²) in [6, 6.07) is 1.79. The van der Waals surface area contributed by atoms with Gasteiger partial charge < -0.3 is 14.2 Å². The van der Waals surface area contributed by atoms with Crippen LogP contribution in [0.3, 0.4) is 0 Å². The summed E-state index contributed by atoms with van der Waals surface area (Å²) in [5.74, 6) is 2.43. The van der Waals surface area contributed by atoms with Crippen molar-refractivity contribution in [3.63, 3.8) is 0 Å². The fraction of sp³-hybridized carbons (Fsp3) is 0.765. The van der Waals surface area contributed by atoms with Gasteiger partial charge in [-0.05, 0) is 37.5 Å². The van der Waals surface area contributed by atoms with Crippen LogP contribution in [0.1, 0.15) is 61.7 Å². The van der Waals surface area contributed by atoms with Crippen LogP contribution in [0.25, 0.3) is 0 Å². The molecule has 1 aromatic heterocycles. The molecule has 0 radical (unpaired) electrons. The summed E-state index contributed by atoms with van der Waals surface area (Å²) in [5, 5.41) is 3.94. The molecule has 2 aliphatic heterocycles. The number of aromatic nitrogens is 1. The second-order valence-corrected chi connectivity index (χ2v) is 6.88. The van der Waals surface area contributed by atoms with Gasteiger partial charge in [-0.25, -0.2) is 0 Å². The second kappa shape index (κ2) is 6.82. The fourth-order valence-corrected chi connectivity index (χ4v) is 3.54. The van der Waals surface area contributed by atoms with Crippen LogP contribution in [0.15, 0.2) is 10.6 Å². The van der Waals surface area contributed by atoms with Crippen molar-refractivity contribution in [2.24, 2.45) is 11.8 Å². The van der Waals surface area contributed by atoms with E-state index in [1.165, 1.54) is 12.8 Å². The molecule has 1 aromatic rings. The summed E-state index contributed by atoms with van der Waals surface area (Å²) in [6.07, 6.45) is 4.61. The zero-order valence-corrected chi connectivity index (χ0v) is 13.6. The topological polar surface area (TPSA) is 55.6 Å². The molecule has 3 rings (SSSR count). The molecule has 5 nitrogen and oxygen atoms in total. The minimum absolute atomic E-state index is 0.00833. The van der Waals surface area contributed by atoms with Gasteiger partial charge in [0.2, 0.25) is 0 Å². The van der Waals surface area contributed by atoms with E-state index >= 15 is 0 Å². The molecule has 0 unspecified atom stereocenters. The smallest absolute Gasteiger partial charge is 0.276 e. The molecule has 5 heteroatoms. The molecule has 1 atom stereocenters. The van der Waals surface area contributed by atoms with Crippen LogP contribution < -0.4 is 0 Å². The van der Waals surface area contributed by atoms with Crippen LogP contribution in [0, 0.1) is 11.8 Å². The predicted octanol–water partition coefficient (Wildman–Crippen LogP) is 3.08. The molecule has 1 amide bonds. The van der Waals surface area contributed by atoms with E-state index in [-0.39, 0.29) is 11.8 Å². The predicted molar refractivity (Wildman–Crippen MR) is 82.8 cm³/mol. The van der Waals surface area contributed by atoms with Crippen molar-refractivity contribution in [3.05, 3.63) is 17.5 Å². The zero-order chi connectivity index (χ0) is 15.5. The van der Waals surface area contributed by atoms with Gasteiger partial charge in [0.1, 0.15) is 5.76 Å². The zero-order valence-electron chi connectivity index (χ0n) is 13.6. The van der Waals surface area contributed by atoms with E-state index in [0.29, 0.717) is 17.5 Å². The molecule has 2 saturated heterocycles. The summed E-state index contributed by atoms with van der Waals surface area (Å²) in [6.45, 7) is 7.53. The fourth-order valence-electron chi connectivity index (χ4n) is 3.54. The van der Waals surface area contributed by atoms with E-state index in [2.05, 4.69) is 5.16 Å². The van der Waals surface area contributed by atoms with Gasteiger partial charge in [0.25, 0.3) is 5.91 Å². The first-order valence-electron chi connectivity index (χ1n) is 8.48. The minimum Gasteiger partial charge on any atom is -0.381 e. The summed E-state index contributed by atoms with van der Waals surface area (Å²) in [7, 11) is 0. The molecule has 3 heterocycles. The number of hydrogen-bond acceptors (Lipinski definition) is 4. The lowest BCUT2D eigenvalue weighted by Crippen LogP contribution is -2.41. The monoisotopic (exact) mass is 306 g/mol. The maximum Gasteiger partial charge on any atom is 0.276 e. The third-order valence-electron chi connectivity index (χ3n) is 5.01. The Morgan fingerprint density at radius 2 is 2.05 bits per heavy atom. The highest BCUT2D eigenvalue weighted by Crippen LogP contribution is 2.31. The average Bonchev–Trinajstić information content (AvgIpc) is 3.05. The third kappa shape index (κ3) is 3.35. The van der Waals surface area contributed by atoms with Crippen molar-refractivity contribution < 1.29 is 14.1 Å². The van der Waals surface area contributed by atoms with Crippen molar-refractivity contribution in [2.45, 2.75) is 45.4 Å². The van der Waals surface area contributed by atoms with Crippen LogP contribution in [0.5, 0.6) is 0 Å². The van der Waals surface area contributed by atoms with Crippen LogP contribution in [0.2, 0.25) is 0 Å². The number of nitrogens with zero attached hydrogens (tertiary/aromatic N) is 2. The van der Waals surface area contributed by atoms with Gasteiger partial charge in [0.05, 0.1) is 0 Å². The number of amides is 1. The molecule has 0 saturated carbocycles. The summed E-state index contributed by atoms with van der Waals surface area (Å²) < 4.78 is 10.8. The van der Waals surface area contributed by atoms with Gasteiger partial charge in [-0.15, -0.1) is 0 Å². The first-order chi connectivity index (χ1) is 10.6. The lowest BCUT2D eigenvalue weighted by Gasteiger charge is -2.37. The first kappa shape index (κ1) is 15.5. The van der Waals surface area contributed by atoms with E-state index < -0.39 is 0 Å². The first-order valence-corrected chi connectivity index (χ1v) is 8.48. The number of ether oxygens (including phenoxy) is 1. The molecule has 0 aliphatic carbocycles. The maximum atomic E-state index is 12.5. The van der Waals surface area contributed by atoms with Crippen LogP contribution >= 0.6 is 0 Å². The number of rotatable bonds is 3. The molecular weight excluding hydrogens is 280 g/mol. The minimum atomic E-state index is 0.00833. The van der Waals surface area contributed by atoms with Gasteiger partial charge in [-0.2, -0.15) is 0 Å². The van der Waals surface area contributed by atoms with Crippen molar-refractivity contribution in [3.8, 4) is 0 Å². The van der Waals surface area contributed by atoms with Crippen LogP contribution in [-0.4, -0.2) is 42.3 Å². The number of piperidine rings is 1. The Kier molecular flexibility index (Phi) is 4.81. The van der Waals surface area contributed by atoms with Crippen LogP contribution in [-0.2, 0) is 4.74 Å². The van der Waals surface area contributed by atoms with Crippen LogP contribution in [0.4, 0.5) is 0 Å². The molecule has 122 valence electrons. The Labute approximate surface area is 132 Å². The average molecular weight is 306 g/mol. The van der Waals surface area contributed by atoms with Gasteiger partial charge in [-0.3, -0.25) is 4.79 Å². The Hall–Kier alpha value is -1.36. The number of hydrogen-bond donors (Lipinski definition) is 0. The molecule has 0 spiro atoms. The summed E-state index contributed by atoms with van der Waals surface area (Å²) in [5.41, 5.74) is 0.447.